The van der Waals surface area contributed by atoms with E-state index in [2.05, 4.69) is 5.32 Å². The molecule has 0 bridgehead atoms. The fourth-order valence-electron chi connectivity index (χ4n) is 2.34. The third-order valence-electron chi connectivity index (χ3n) is 3.25. The van der Waals surface area contributed by atoms with Crippen molar-refractivity contribution in [3.05, 3.63) is 23.3 Å². The maximum atomic E-state index is 12.9. The molecule has 0 aliphatic carbocycles. The van der Waals surface area contributed by atoms with E-state index >= 15 is 0 Å². The first-order chi connectivity index (χ1) is 8.67. The minimum Gasteiger partial charge on any atom is -0.496 e. The zero-order valence-corrected chi connectivity index (χ0v) is 10.5. The van der Waals surface area contributed by atoms with E-state index in [1.807, 2.05) is 0 Å². The molecule has 18 heavy (non-hydrogen) atoms. The predicted octanol–water partition coefficient (Wildman–Crippen LogP) is 3.07. The summed E-state index contributed by atoms with van der Waals surface area (Å²) in [7, 11) is 2.90. The molecule has 1 aliphatic rings. The zero-order chi connectivity index (χ0) is 13.1. The van der Waals surface area contributed by atoms with E-state index in [4.69, 9.17) is 9.47 Å². The molecule has 1 N–H and O–H groups in total. The Bertz CT molecular complexity index is 418. The smallest absolute Gasteiger partial charge is 0.267 e. The van der Waals surface area contributed by atoms with Gasteiger partial charge in [0.05, 0.1) is 19.8 Å². The summed E-state index contributed by atoms with van der Waals surface area (Å²) in [5.74, 6) is 0.708. The highest BCUT2D eigenvalue weighted by Gasteiger charge is 2.24. The highest BCUT2D eigenvalue weighted by Crippen LogP contribution is 2.39. The second kappa shape index (κ2) is 5.52. The zero-order valence-electron chi connectivity index (χ0n) is 10.5. The normalized spacial score (nSPS) is 19.3. The number of nitrogens with one attached hydrogen (secondary N) is 1. The molecular formula is C13H17F2NO2. The Morgan fingerprint density at radius 2 is 1.94 bits per heavy atom. The molecule has 5 heteroatoms. The second-order valence-corrected chi connectivity index (χ2v) is 4.29. The fourth-order valence-corrected chi connectivity index (χ4v) is 2.34. The van der Waals surface area contributed by atoms with E-state index in [9.17, 15) is 8.78 Å². The number of ether oxygens (including phenoxy) is 2. The van der Waals surface area contributed by atoms with Crippen molar-refractivity contribution in [2.75, 3.05) is 20.8 Å². The van der Waals surface area contributed by atoms with Gasteiger partial charge in [0.2, 0.25) is 0 Å². The first-order valence-corrected chi connectivity index (χ1v) is 5.94. The van der Waals surface area contributed by atoms with Crippen LogP contribution in [0.25, 0.3) is 0 Å². The maximum absolute atomic E-state index is 12.9. The predicted molar refractivity (Wildman–Crippen MR) is 64.5 cm³/mol. The number of benzene rings is 1. The fraction of sp³-hybridized carbons (Fsp3) is 0.538. The van der Waals surface area contributed by atoms with Crippen LogP contribution in [0.2, 0.25) is 0 Å². The Morgan fingerprint density at radius 1 is 1.22 bits per heavy atom. The van der Waals surface area contributed by atoms with Crippen molar-refractivity contribution in [2.45, 2.75) is 25.3 Å². The van der Waals surface area contributed by atoms with Gasteiger partial charge in [0, 0.05) is 11.6 Å². The summed E-state index contributed by atoms with van der Waals surface area (Å²) < 4.78 is 36.0. The molecule has 3 nitrogen and oxygen atoms in total. The van der Waals surface area contributed by atoms with Crippen LogP contribution in [-0.4, -0.2) is 20.8 Å². The monoisotopic (exact) mass is 257 g/mol. The summed E-state index contributed by atoms with van der Waals surface area (Å²) in [6.45, 7) is 0.937. The molecule has 0 spiro atoms. The van der Waals surface area contributed by atoms with Crippen molar-refractivity contribution in [3.8, 4) is 11.5 Å². The molecule has 1 unspecified atom stereocenters. The Labute approximate surface area is 105 Å². The standard InChI is InChI=1S/C13H17F2NO2/c1-17-11-7-9(13(14)15)12(18-2)6-8(11)10-4-3-5-16-10/h6-7,10,13,16H,3-5H2,1-2H3. The van der Waals surface area contributed by atoms with E-state index in [0.717, 1.165) is 24.9 Å². The largest absolute Gasteiger partial charge is 0.496 e. The molecule has 1 aromatic rings. The molecule has 1 aliphatic heterocycles. The van der Waals surface area contributed by atoms with Crippen LogP contribution in [0.15, 0.2) is 12.1 Å². The van der Waals surface area contributed by atoms with Crippen LogP contribution in [0.3, 0.4) is 0 Å². The Kier molecular flexibility index (Phi) is 4.01. The summed E-state index contributed by atoms with van der Waals surface area (Å²) >= 11 is 0. The average molecular weight is 257 g/mol. The molecule has 0 saturated carbocycles. The van der Waals surface area contributed by atoms with Gasteiger partial charge in [-0.1, -0.05) is 0 Å². The molecule has 1 aromatic carbocycles. The molecular weight excluding hydrogens is 240 g/mol. The number of alkyl halides is 2. The SMILES string of the molecule is COc1cc(C2CCCN2)c(OC)cc1C(F)F. The molecule has 0 aromatic heterocycles. The minimum absolute atomic E-state index is 0.129. The van der Waals surface area contributed by atoms with Crippen molar-refractivity contribution in [3.63, 3.8) is 0 Å². The molecule has 1 heterocycles. The van der Waals surface area contributed by atoms with Crippen LogP contribution >= 0.6 is 0 Å². The molecule has 0 radical (unpaired) electrons. The van der Waals surface area contributed by atoms with Crippen LogP contribution in [0.1, 0.15) is 36.4 Å². The van der Waals surface area contributed by atoms with Crippen LogP contribution in [0, 0.1) is 0 Å². The summed E-state index contributed by atoms with van der Waals surface area (Å²) in [5, 5.41) is 3.32. The lowest BCUT2D eigenvalue weighted by atomic mass is 10.0. The van der Waals surface area contributed by atoms with E-state index in [0.29, 0.717) is 5.75 Å². The van der Waals surface area contributed by atoms with Crippen molar-refractivity contribution in [1.29, 1.82) is 0 Å². The van der Waals surface area contributed by atoms with Crippen molar-refractivity contribution >= 4 is 0 Å². The molecule has 1 fully saturated rings. The van der Waals surface area contributed by atoms with Gasteiger partial charge in [0.1, 0.15) is 11.5 Å². The van der Waals surface area contributed by atoms with Crippen LogP contribution in [0.5, 0.6) is 11.5 Å². The maximum Gasteiger partial charge on any atom is 0.267 e. The van der Waals surface area contributed by atoms with Gasteiger partial charge in [-0.2, -0.15) is 0 Å². The summed E-state index contributed by atoms with van der Waals surface area (Å²) in [6, 6.07) is 3.18. The topological polar surface area (TPSA) is 30.5 Å². The van der Waals surface area contributed by atoms with Crippen molar-refractivity contribution in [2.24, 2.45) is 0 Å². The summed E-state index contributed by atoms with van der Waals surface area (Å²) in [4.78, 5) is 0. The van der Waals surface area contributed by atoms with Crippen molar-refractivity contribution < 1.29 is 18.3 Å². The second-order valence-electron chi connectivity index (χ2n) is 4.29. The van der Waals surface area contributed by atoms with Crippen LogP contribution in [0.4, 0.5) is 8.78 Å². The highest BCUT2D eigenvalue weighted by molar-refractivity contribution is 5.48. The molecule has 0 amide bonds. The third-order valence-corrected chi connectivity index (χ3v) is 3.25. The molecule has 100 valence electrons. The molecule has 1 saturated heterocycles. The number of halogens is 2. The van der Waals surface area contributed by atoms with Crippen molar-refractivity contribution in [1.82, 2.24) is 5.32 Å². The lowest BCUT2D eigenvalue weighted by Gasteiger charge is -2.18. The molecule has 2 rings (SSSR count). The van der Waals surface area contributed by atoms with E-state index in [-0.39, 0.29) is 17.4 Å². The van der Waals surface area contributed by atoms with Gasteiger partial charge in [-0.05, 0) is 31.5 Å². The van der Waals surface area contributed by atoms with Gasteiger partial charge >= 0.3 is 0 Å². The van der Waals surface area contributed by atoms with Gasteiger partial charge in [0.25, 0.3) is 6.43 Å². The Morgan fingerprint density at radius 3 is 2.44 bits per heavy atom. The first kappa shape index (κ1) is 13.1. The lowest BCUT2D eigenvalue weighted by molar-refractivity contribution is 0.146. The van der Waals surface area contributed by atoms with E-state index in [1.54, 1.807) is 6.07 Å². The van der Waals surface area contributed by atoms with Gasteiger partial charge < -0.3 is 14.8 Å². The number of hydrogen-bond donors (Lipinski definition) is 1. The highest BCUT2D eigenvalue weighted by atomic mass is 19.3. The Hall–Kier alpha value is -1.36. The Balaban J connectivity index is 2.45. The summed E-state index contributed by atoms with van der Waals surface area (Å²) in [5.41, 5.74) is 0.757. The van der Waals surface area contributed by atoms with Crippen LogP contribution in [-0.2, 0) is 0 Å². The number of rotatable bonds is 4. The minimum atomic E-state index is -2.57. The van der Waals surface area contributed by atoms with E-state index in [1.165, 1.54) is 20.3 Å². The van der Waals surface area contributed by atoms with Gasteiger partial charge in [-0.25, -0.2) is 8.78 Å². The van der Waals surface area contributed by atoms with E-state index < -0.39 is 6.43 Å². The van der Waals surface area contributed by atoms with Gasteiger partial charge in [0.15, 0.2) is 0 Å². The molecule has 1 atom stereocenters. The first-order valence-electron chi connectivity index (χ1n) is 5.94. The average Bonchev–Trinajstić information content (AvgIpc) is 2.90. The number of methoxy groups -OCH3 is 2. The lowest BCUT2D eigenvalue weighted by Crippen LogP contribution is -2.14. The van der Waals surface area contributed by atoms with Gasteiger partial charge in [-0.15, -0.1) is 0 Å². The van der Waals surface area contributed by atoms with Crippen LogP contribution < -0.4 is 14.8 Å². The third kappa shape index (κ3) is 2.41. The quantitative estimate of drug-likeness (QED) is 0.899. The number of hydrogen-bond acceptors (Lipinski definition) is 3. The van der Waals surface area contributed by atoms with Gasteiger partial charge in [-0.3, -0.25) is 0 Å². The summed E-state index contributed by atoms with van der Waals surface area (Å²) in [6.07, 6.45) is -0.514.